The van der Waals surface area contributed by atoms with Crippen LogP contribution in [0.3, 0.4) is 0 Å². The van der Waals surface area contributed by atoms with E-state index in [0.717, 1.165) is 30.3 Å². The normalized spacial score (nSPS) is 12.5. The summed E-state index contributed by atoms with van der Waals surface area (Å²) >= 11 is 0. The molecule has 0 saturated heterocycles. The van der Waals surface area contributed by atoms with Crippen LogP contribution in [0.25, 0.3) is 11.1 Å². The first-order chi connectivity index (χ1) is 11.0. The van der Waals surface area contributed by atoms with E-state index in [2.05, 4.69) is 4.74 Å². The molecule has 9 heteroatoms. The van der Waals surface area contributed by atoms with Crippen LogP contribution >= 0.6 is 0 Å². The van der Waals surface area contributed by atoms with Crippen molar-refractivity contribution >= 4 is 0 Å². The molecule has 24 heavy (non-hydrogen) atoms. The van der Waals surface area contributed by atoms with Gasteiger partial charge in [-0.1, -0.05) is 30.3 Å². The molecule has 0 atom stereocenters. The van der Waals surface area contributed by atoms with Crippen molar-refractivity contribution in [2.24, 2.45) is 0 Å². The molecule has 1 nitrogen and oxygen atoms in total. The van der Waals surface area contributed by atoms with E-state index in [0.29, 0.717) is 12.1 Å². The summed E-state index contributed by atoms with van der Waals surface area (Å²) in [5.74, 6) is -1.35. The van der Waals surface area contributed by atoms with Gasteiger partial charge in [0.15, 0.2) is 0 Å². The van der Waals surface area contributed by atoms with Crippen molar-refractivity contribution in [3.63, 3.8) is 0 Å². The van der Waals surface area contributed by atoms with Gasteiger partial charge in [0.2, 0.25) is 0 Å². The Morgan fingerprint density at radius 2 is 1.17 bits per heavy atom. The summed E-state index contributed by atoms with van der Waals surface area (Å²) in [6, 6.07) is 5.85. The summed E-state index contributed by atoms with van der Waals surface area (Å²) in [6.45, 7) is -3.63. The Kier molecular flexibility index (Phi) is 4.73. The van der Waals surface area contributed by atoms with Gasteiger partial charge < -0.3 is 4.74 Å². The average Bonchev–Trinajstić information content (AvgIpc) is 2.45. The summed E-state index contributed by atoms with van der Waals surface area (Å²) in [7, 11) is 0. The fourth-order valence-electron chi connectivity index (χ4n) is 2.15. The van der Waals surface area contributed by atoms with Crippen molar-refractivity contribution < 1.29 is 39.9 Å². The molecule has 0 aromatic heterocycles. The lowest BCUT2D eigenvalue weighted by atomic mass is 9.96. The molecule has 0 aliphatic heterocycles. The van der Waals surface area contributed by atoms with Gasteiger partial charge in [-0.15, -0.1) is 0 Å². The Bertz CT molecular complexity index is 718. The third kappa shape index (κ3) is 3.77. The van der Waals surface area contributed by atoms with E-state index in [-0.39, 0.29) is 0 Å². The van der Waals surface area contributed by atoms with E-state index in [4.69, 9.17) is 0 Å². The van der Waals surface area contributed by atoms with Crippen molar-refractivity contribution in [2.45, 2.75) is 19.0 Å². The fraction of sp³-hybridized carbons (Fsp3) is 0.200. The van der Waals surface area contributed by atoms with Gasteiger partial charge in [-0.05, 0) is 17.7 Å². The lowest BCUT2D eigenvalue weighted by molar-refractivity contribution is -0.141. The van der Waals surface area contributed by atoms with Crippen LogP contribution < -0.4 is 4.74 Å². The molecule has 0 aliphatic rings. The van der Waals surface area contributed by atoms with E-state index in [1.165, 1.54) is 0 Å². The van der Waals surface area contributed by atoms with Crippen LogP contribution in [0.2, 0.25) is 0 Å². The smallest absolute Gasteiger partial charge is 0.419 e. The lowest BCUT2D eigenvalue weighted by Gasteiger charge is -2.19. The second-order valence-corrected chi connectivity index (χ2v) is 4.60. The standard InChI is InChI=1S/C15H8F8O/c16-13(17)24-12-9(5-3-7-11(12)15(21,22)23)8-4-1-2-6-10(8)14(18,19)20/h1-7,13H. The fourth-order valence-corrected chi connectivity index (χ4v) is 2.15. The second kappa shape index (κ2) is 6.29. The highest BCUT2D eigenvalue weighted by atomic mass is 19.4. The molecule has 130 valence electrons. The molecule has 0 fully saturated rings. The summed E-state index contributed by atoms with van der Waals surface area (Å²) in [6.07, 6.45) is -9.96. The molecule has 0 heterocycles. The number of rotatable bonds is 3. The van der Waals surface area contributed by atoms with E-state index >= 15 is 0 Å². The Hall–Kier alpha value is -2.32. The Morgan fingerprint density at radius 3 is 1.71 bits per heavy atom. The van der Waals surface area contributed by atoms with Crippen molar-refractivity contribution in [3.8, 4) is 16.9 Å². The maximum absolute atomic E-state index is 13.1. The minimum absolute atomic E-state index is 0.456. The van der Waals surface area contributed by atoms with Crippen LogP contribution in [0.15, 0.2) is 42.5 Å². The van der Waals surface area contributed by atoms with Gasteiger partial charge in [0, 0.05) is 5.56 Å². The first kappa shape index (κ1) is 18.0. The molecule has 0 amide bonds. The number of halogens is 8. The van der Waals surface area contributed by atoms with Gasteiger partial charge in [0.05, 0.1) is 11.1 Å². The number of para-hydroxylation sites is 1. The zero-order valence-corrected chi connectivity index (χ0v) is 11.6. The van der Waals surface area contributed by atoms with Crippen LogP contribution in [0, 0.1) is 0 Å². The quantitative estimate of drug-likeness (QED) is 0.614. The lowest BCUT2D eigenvalue weighted by Crippen LogP contribution is -2.13. The second-order valence-electron chi connectivity index (χ2n) is 4.60. The van der Waals surface area contributed by atoms with E-state index in [9.17, 15) is 35.1 Å². The summed E-state index contributed by atoms with van der Waals surface area (Å²) in [4.78, 5) is 0. The molecule has 0 radical (unpaired) electrons. The molecular weight excluding hydrogens is 348 g/mol. The number of hydrogen-bond donors (Lipinski definition) is 0. The van der Waals surface area contributed by atoms with E-state index in [1.807, 2.05) is 0 Å². The van der Waals surface area contributed by atoms with Gasteiger partial charge >= 0.3 is 19.0 Å². The van der Waals surface area contributed by atoms with Crippen molar-refractivity contribution in [1.29, 1.82) is 0 Å². The minimum Gasteiger partial charge on any atom is -0.434 e. The predicted molar refractivity (Wildman–Crippen MR) is 68.5 cm³/mol. The van der Waals surface area contributed by atoms with Gasteiger partial charge in [0.1, 0.15) is 5.75 Å². The van der Waals surface area contributed by atoms with Crippen LogP contribution in [0.4, 0.5) is 35.1 Å². The highest BCUT2D eigenvalue weighted by Gasteiger charge is 2.38. The van der Waals surface area contributed by atoms with Gasteiger partial charge in [-0.3, -0.25) is 0 Å². The summed E-state index contributed by atoms with van der Waals surface area (Å²) in [5, 5.41) is 0. The van der Waals surface area contributed by atoms with Gasteiger partial charge in [-0.2, -0.15) is 35.1 Å². The first-order valence-corrected chi connectivity index (χ1v) is 6.33. The predicted octanol–water partition coefficient (Wildman–Crippen LogP) is 5.99. The Labute approximate surface area is 130 Å². The topological polar surface area (TPSA) is 9.23 Å². The molecule has 2 aromatic carbocycles. The molecule has 0 spiro atoms. The van der Waals surface area contributed by atoms with Crippen LogP contribution in [-0.2, 0) is 12.4 Å². The SMILES string of the molecule is FC(F)Oc1c(-c2ccccc2C(F)(F)F)cccc1C(F)(F)F. The molecule has 0 N–H and O–H groups in total. The number of benzene rings is 2. The monoisotopic (exact) mass is 356 g/mol. The largest absolute Gasteiger partial charge is 0.434 e. The zero-order valence-electron chi connectivity index (χ0n) is 11.6. The highest BCUT2D eigenvalue weighted by Crippen LogP contribution is 2.45. The van der Waals surface area contributed by atoms with E-state index in [1.54, 1.807) is 0 Å². The third-order valence-corrected chi connectivity index (χ3v) is 3.05. The Balaban J connectivity index is 2.77. The van der Waals surface area contributed by atoms with Crippen molar-refractivity contribution in [1.82, 2.24) is 0 Å². The molecule has 2 aromatic rings. The maximum Gasteiger partial charge on any atom is 0.419 e. The van der Waals surface area contributed by atoms with Crippen LogP contribution in [0.1, 0.15) is 11.1 Å². The molecular formula is C15H8F8O. The molecule has 0 unspecified atom stereocenters. The van der Waals surface area contributed by atoms with E-state index < -0.39 is 47.0 Å². The molecule has 2 rings (SSSR count). The number of alkyl halides is 8. The highest BCUT2D eigenvalue weighted by molar-refractivity contribution is 5.75. The van der Waals surface area contributed by atoms with Crippen molar-refractivity contribution in [3.05, 3.63) is 53.6 Å². The van der Waals surface area contributed by atoms with Crippen LogP contribution in [0.5, 0.6) is 5.75 Å². The van der Waals surface area contributed by atoms with Crippen molar-refractivity contribution in [2.75, 3.05) is 0 Å². The number of hydrogen-bond acceptors (Lipinski definition) is 1. The summed E-state index contributed by atoms with van der Waals surface area (Å²) in [5.41, 5.74) is -4.26. The average molecular weight is 356 g/mol. The molecule has 0 saturated carbocycles. The summed E-state index contributed by atoms with van der Waals surface area (Å²) < 4.78 is 107. The zero-order chi connectivity index (χ0) is 18.1. The third-order valence-electron chi connectivity index (χ3n) is 3.05. The Morgan fingerprint density at radius 1 is 0.667 bits per heavy atom. The molecule has 0 aliphatic carbocycles. The van der Waals surface area contributed by atoms with Crippen LogP contribution in [-0.4, -0.2) is 6.61 Å². The molecule has 0 bridgehead atoms. The van der Waals surface area contributed by atoms with Gasteiger partial charge in [0.25, 0.3) is 0 Å². The minimum atomic E-state index is -5.08. The first-order valence-electron chi connectivity index (χ1n) is 6.33. The maximum atomic E-state index is 13.1. The van der Waals surface area contributed by atoms with Gasteiger partial charge in [-0.25, -0.2) is 0 Å². The number of ether oxygens (including phenoxy) is 1.